The Morgan fingerprint density at radius 2 is 1.67 bits per heavy atom. The van der Waals surface area contributed by atoms with Crippen molar-refractivity contribution in [2.45, 2.75) is 13.3 Å². The van der Waals surface area contributed by atoms with Gasteiger partial charge >= 0.3 is 0 Å². The summed E-state index contributed by atoms with van der Waals surface area (Å²) in [4.78, 5) is 4.24. The van der Waals surface area contributed by atoms with Gasteiger partial charge in [-0.25, -0.2) is 13.2 Å². The third-order valence-corrected chi connectivity index (χ3v) is 3.71. The Morgan fingerprint density at radius 3 is 2.17 bits per heavy atom. The van der Waals surface area contributed by atoms with E-state index in [1.165, 1.54) is 20.3 Å². The maximum Gasteiger partial charge on any atom is 0.143 e. The van der Waals surface area contributed by atoms with Crippen LogP contribution >= 0.6 is 11.6 Å². The fourth-order valence-electron chi connectivity index (χ4n) is 2.18. The lowest BCUT2D eigenvalue weighted by atomic mass is 10.1. The number of rotatable bonds is 5. The van der Waals surface area contributed by atoms with Gasteiger partial charge in [0, 0.05) is 24.3 Å². The Balaban J connectivity index is 2.64. The van der Waals surface area contributed by atoms with Crippen LogP contribution in [0, 0.1) is 17.5 Å². The molecule has 0 fully saturated rings. The zero-order valence-corrected chi connectivity index (χ0v) is 14.0. The molecule has 2 aromatic rings. The summed E-state index contributed by atoms with van der Waals surface area (Å²) < 4.78 is 51.4. The second kappa shape index (κ2) is 7.57. The number of halogens is 4. The van der Waals surface area contributed by atoms with E-state index in [9.17, 15) is 13.2 Å². The third-order valence-electron chi connectivity index (χ3n) is 3.33. The van der Waals surface area contributed by atoms with E-state index in [1.54, 1.807) is 13.0 Å². The summed E-state index contributed by atoms with van der Waals surface area (Å²) in [5.41, 5.74) is -0.0770. The number of hydrogen-bond acceptors (Lipinski definition) is 3. The Labute approximate surface area is 142 Å². The summed E-state index contributed by atoms with van der Waals surface area (Å²) in [6.45, 7) is 1.67. The zero-order valence-electron chi connectivity index (χ0n) is 13.3. The number of aliphatic imine (C=N–C) groups is 1. The minimum atomic E-state index is -1.03. The number of hydrogen-bond donors (Lipinski definition) is 0. The minimum Gasteiger partial charge on any atom is -0.497 e. The van der Waals surface area contributed by atoms with Gasteiger partial charge in [0.05, 0.1) is 31.2 Å². The topological polar surface area (TPSA) is 30.8 Å². The quantitative estimate of drug-likeness (QED) is 0.679. The van der Waals surface area contributed by atoms with Gasteiger partial charge in [-0.2, -0.15) is 0 Å². The van der Waals surface area contributed by atoms with E-state index in [1.807, 2.05) is 0 Å². The van der Waals surface area contributed by atoms with Gasteiger partial charge in [0.1, 0.15) is 34.0 Å². The molecule has 128 valence electrons. The maximum absolute atomic E-state index is 14.0. The fourth-order valence-corrected chi connectivity index (χ4v) is 2.41. The van der Waals surface area contributed by atoms with Crippen LogP contribution in [0.3, 0.4) is 0 Å². The smallest absolute Gasteiger partial charge is 0.143 e. The lowest BCUT2D eigenvalue weighted by Gasteiger charge is -2.11. The summed E-state index contributed by atoms with van der Waals surface area (Å²) in [7, 11) is 2.88. The molecule has 24 heavy (non-hydrogen) atoms. The monoisotopic (exact) mass is 357 g/mol. The van der Waals surface area contributed by atoms with Crippen molar-refractivity contribution < 1.29 is 22.6 Å². The molecule has 0 atom stereocenters. The molecule has 0 aromatic heterocycles. The molecule has 2 aromatic carbocycles. The van der Waals surface area contributed by atoms with Crippen LogP contribution in [-0.2, 0) is 0 Å². The molecule has 0 aliphatic rings. The summed E-state index contributed by atoms with van der Waals surface area (Å²) >= 11 is 6.20. The van der Waals surface area contributed by atoms with E-state index >= 15 is 0 Å². The van der Waals surface area contributed by atoms with Crippen molar-refractivity contribution >= 4 is 23.0 Å². The highest BCUT2D eigenvalue weighted by Crippen LogP contribution is 2.39. The molecule has 0 aliphatic carbocycles. The Hall–Kier alpha value is -2.21. The molecule has 0 heterocycles. The first kappa shape index (κ1) is 18.1. The first-order chi connectivity index (χ1) is 11.4. The van der Waals surface area contributed by atoms with Crippen molar-refractivity contribution in [2.24, 2.45) is 4.99 Å². The van der Waals surface area contributed by atoms with Gasteiger partial charge in [-0.1, -0.05) is 18.5 Å². The van der Waals surface area contributed by atoms with Crippen LogP contribution in [0.2, 0.25) is 5.02 Å². The van der Waals surface area contributed by atoms with E-state index in [0.717, 1.165) is 0 Å². The predicted octanol–water partition coefficient (Wildman–Crippen LogP) is 5.31. The molecule has 0 aliphatic heterocycles. The molecule has 0 N–H and O–H groups in total. The average molecular weight is 358 g/mol. The minimum absolute atomic E-state index is 0.0854. The molecule has 2 rings (SSSR count). The molecule has 7 heteroatoms. The highest BCUT2D eigenvalue weighted by molar-refractivity contribution is 6.34. The van der Waals surface area contributed by atoms with Crippen LogP contribution < -0.4 is 9.47 Å². The van der Waals surface area contributed by atoms with Gasteiger partial charge in [-0.3, -0.25) is 4.99 Å². The lowest BCUT2D eigenvalue weighted by Crippen LogP contribution is -2.07. The summed E-state index contributed by atoms with van der Waals surface area (Å²) in [5, 5.41) is 0.173. The summed E-state index contributed by atoms with van der Waals surface area (Å²) in [5.74, 6) is -2.32. The molecule has 0 saturated heterocycles. The number of nitrogens with zero attached hydrogens (tertiary/aromatic N) is 1. The van der Waals surface area contributed by atoms with Crippen molar-refractivity contribution in [2.75, 3.05) is 14.2 Å². The van der Waals surface area contributed by atoms with E-state index in [-0.39, 0.29) is 22.8 Å². The van der Waals surface area contributed by atoms with Crippen LogP contribution in [0.15, 0.2) is 29.3 Å². The van der Waals surface area contributed by atoms with Crippen molar-refractivity contribution in [1.29, 1.82) is 0 Å². The highest BCUT2D eigenvalue weighted by atomic mass is 35.5. The van der Waals surface area contributed by atoms with Gasteiger partial charge in [-0.05, 0) is 6.42 Å². The van der Waals surface area contributed by atoms with E-state index in [0.29, 0.717) is 23.6 Å². The Bertz CT molecular complexity index is 771. The van der Waals surface area contributed by atoms with E-state index < -0.39 is 23.0 Å². The first-order valence-corrected chi connectivity index (χ1v) is 7.43. The number of methoxy groups -OCH3 is 2. The van der Waals surface area contributed by atoms with Crippen LogP contribution in [0.1, 0.15) is 18.9 Å². The van der Waals surface area contributed by atoms with Crippen LogP contribution in [0.25, 0.3) is 0 Å². The summed E-state index contributed by atoms with van der Waals surface area (Å²) in [6, 6.07) is 4.29. The molecule has 0 amide bonds. The molecular formula is C17H15ClF3NO2. The van der Waals surface area contributed by atoms with Crippen molar-refractivity contribution in [1.82, 2.24) is 0 Å². The van der Waals surface area contributed by atoms with Gasteiger partial charge in [0.15, 0.2) is 0 Å². The standard InChI is InChI=1S/C17H15ClF3NO2/c1-4-13(16-11(20)5-9(19)6-12(16)21)22-14-7-10(23-2)8-15(24-3)17(14)18/h5-8H,4H2,1-3H3. The third kappa shape index (κ3) is 3.64. The molecule has 0 bridgehead atoms. The van der Waals surface area contributed by atoms with Crippen molar-refractivity contribution in [3.8, 4) is 11.5 Å². The average Bonchev–Trinajstić information content (AvgIpc) is 2.54. The number of ether oxygens (including phenoxy) is 2. The molecule has 0 unspecified atom stereocenters. The predicted molar refractivity (Wildman–Crippen MR) is 87.4 cm³/mol. The van der Waals surface area contributed by atoms with Gasteiger partial charge in [0.2, 0.25) is 0 Å². The fraction of sp³-hybridized carbons (Fsp3) is 0.235. The molecular weight excluding hydrogens is 343 g/mol. The second-order valence-electron chi connectivity index (χ2n) is 4.82. The van der Waals surface area contributed by atoms with Gasteiger partial charge < -0.3 is 9.47 Å². The van der Waals surface area contributed by atoms with E-state index in [4.69, 9.17) is 21.1 Å². The highest BCUT2D eigenvalue weighted by Gasteiger charge is 2.18. The SMILES string of the molecule is CCC(=Nc1cc(OC)cc(OC)c1Cl)c1c(F)cc(F)cc1F. The van der Waals surface area contributed by atoms with Crippen LogP contribution in [-0.4, -0.2) is 19.9 Å². The van der Waals surface area contributed by atoms with Crippen LogP contribution in [0.5, 0.6) is 11.5 Å². The van der Waals surface area contributed by atoms with Crippen molar-refractivity contribution in [3.05, 3.63) is 52.3 Å². The van der Waals surface area contributed by atoms with E-state index in [2.05, 4.69) is 4.99 Å². The zero-order chi connectivity index (χ0) is 17.9. The second-order valence-corrected chi connectivity index (χ2v) is 5.20. The summed E-state index contributed by atoms with van der Waals surface area (Å²) in [6.07, 6.45) is 0.204. The maximum atomic E-state index is 14.0. The number of benzene rings is 2. The van der Waals surface area contributed by atoms with Gasteiger partial charge in [-0.15, -0.1) is 0 Å². The molecule has 3 nitrogen and oxygen atoms in total. The lowest BCUT2D eigenvalue weighted by molar-refractivity contribution is 0.395. The first-order valence-electron chi connectivity index (χ1n) is 7.05. The normalized spacial score (nSPS) is 11.5. The largest absolute Gasteiger partial charge is 0.497 e. The molecule has 0 radical (unpaired) electrons. The van der Waals surface area contributed by atoms with Gasteiger partial charge in [0.25, 0.3) is 0 Å². The molecule has 0 saturated carbocycles. The van der Waals surface area contributed by atoms with Crippen LogP contribution in [0.4, 0.5) is 18.9 Å². The molecule has 0 spiro atoms. The Kier molecular flexibility index (Phi) is 5.72. The Morgan fingerprint density at radius 1 is 1.04 bits per heavy atom. The van der Waals surface area contributed by atoms with Crippen molar-refractivity contribution in [3.63, 3.8) is 0 Å².